The highest BCUT2D eigenvalue weighted by Gasteiger charge is 2.13. The molecule has 14 heavy (non-hydrogen) atoms. The standard InChI is InChI=1S/C10H13N3O/c1-10(2,14)5-8-6-11-9-3-4-12-13(9)7-8/h3-4,6-7,14H,5H2,1-2H3. The van der Waals surface area contributed by atoms with E-state index in [0.29, 0.717) is 6.42 Å². The van der Waals surface area contributed by atoms with Gasteiger partial charge < -0.3 is 5.11 Å². The van der Waals surface area contributed by atoms with Crippen LogP contribution >= 0.6 is 0 Å². The first-order valence-corrected chi connectivity index (χ1v) is 4.55. The fourth-order valence-corrected chi connectivity index (χ4v) is 1.44. The Kier molecular flexibility index (Phi) is 2.00. The summed E-state index contributed by atoms with van der Waals surface area (Å²) in [5.74, 6) is 0. The average molecular weight is 191 g/mol. The summed E-state index contributed by atoms with van der Waals surface area (Å²) >= 11 is 0. The second-order valence-corrected chi connectivity index (χ2v) is 4.09. The van der Waals surface area contributed by atoms with Crippen molar-refractivity contribution < 1.29 is 5.11 Å². The third-order valence-corrected chi connectivity index (χ3v) is 1.94. The monoisotopic (exact) mass is 191 g/mol. The van der Waals surface area contributed by atoms with Gasteiger partial charge in [0.25, 0.3) is 0 Å². The van der Waals surface area contributed by atoms with Gasteiger partial charge in [-0.3, -0.25) is 0 Å². The molecule has 0 aliphatic rings. The first kappa shape index (κ1) is 9.15. The molecule has 0 radical (unpaired) electrons. The van der Waals surface area contributed by atoms with Crippen LogP contribution in [0.3, 0.4) is 0 Å². The van der Waals surface area contributed by atoms with Crippen LogP contribution in [0.25, 0.3) is 5.65 Å². The number of aromatic nitrogens is 3. The Labute approximate surface area is 82.2 Å². The lowest BCUT2D eigenvalue weighted by molar-refractivity contribution is 0.0808. The summed E-state index contributed by atoms with van der Waals surface area (Å²) in [6.07, 6.45) is 5.95. The lowest BCUT2D eigenvalue weighted by atomic mass is 10.0. The third-order valence-electron chi connectivity index (χ3n) is 1.94. The molecule has 2 heterocycles. The summed E-state index contributed by atoms with van der Waals surface area (Å²) in [5, 5.41) is 13.7. The maximum atomic E-state index is 9.64. The van der Waals surface area contributed by atoms with E-state index in [0.717, 1.165) is 11.2 Å². The molecule has 1 N–H and O–H groups in total. The van der Waals surface area contributed by atoms with Gasteiger partial charge in [-0.05, 0) is 19.4 Å². The van der Waals surface area contributed by atoms with E-state index in [4.69, 9.17) is 0 Å². The number of nitrogens with zero attached hydrogens (tertiary/aromatic N) is 3. The zero-order valence-corrected chi connectivity index (χ0v) is 8.31. The highest BCUT2D eigenvalue weighted by Crippen LogP contribution is 2.11. The van der Waals surface area contributed by atoms with E-state index >= 15 is 0 Å². The van der Waals surface area contributed by atoms with Crippen molar-refractivity contribution in [3.05, 3.63) is 30.2 Å². The summed E-state index contributed by atoms with van der Waals surface area (Å²) in [7, 11) is 0. The van der Waals surface area contributed by atoms with Gasteiger partial charge in [0.05, 0.1) is 11.8 Å². The smallest absolute Gasteiger partial charge is 0.154 e. The van der Waals surface area contributed by atoms with Gasteiger partial charge in [-0.2, -0.15) is 5.10 Å². The molecule has 2 aromatic rings. The molecule has 0 aliphatic heterocycles. The maximum absolute atomic E-state index is 9.64. The normalized spacial score (nSPS) is 12.2. The Morgan fingerprint density at radius 1 is 1.50 bits per heavy atom. The zero-order chi connectivity index (χ0) is 10.2. The van der Waals surface area contributed by atoms with Crippen molar-refractivity contribution in [3.8, 4) is 0 Å². The number of hydrogen-bond donors (Lipinski definition) is 1. The molecule has 4 heteroatoms. The molecule has 0 saturated carbocycles. The highest BCUT2D eigenvalue weighted by atomic mass is 16.3. The van der Waals surface area contributed by atoms with Crippen molar-refractivity contribution in [2.45, 2.75) is 25.9 Å². The molecule has 74 valence electrons. The summed E-state index contributed by atoms with van der Waals surface area (Å²) in [6, 6.07) is 1.84. The molecule has 0 bridgehead atoms. The zero-order valence-electron chi connectivity index (χ0n) is 8.31. The van der Waals surface area contributed by atoms with E-state index in [1.54, 1.807) is 30.8 Å². The quantitative estimate of drug-likeness (QED) is 0.771. The van der Waals surface area contributed by atoms with E-state index in [9.17, 15) is 5.11 Å². The SMILES string of the molecule is CC(C)(O)Cc1cnc2ccnn2c1. The van der Waals surface area contributed by atoms with E-state index in [1.807, 2.05) is 12.3 Å². The van der Waals surface area contributed by atoms with E-state index in [-0.39, 0.29) is 0 Å². The molecule has 0 amide bonds. The minimum Gasteiger partial charge on any atom is -0.390 e. The molecule has 0 fully saturated rings. The van der Waals surface area contributed by atoms with Crippen LogP contribution in [0.1, 0.15) is 19.4 Å². The fourth-order valence-electron chi connectivity index (χ4n) is 1.44. The van der Waals surface area contributed by atoms with Gasteiger partial charge in [-0.15, -0.1) is 0 Å². The van der Waals surface area contributed by atoms with Crippen molar-refractivity contribution in [2.24, 2.45) is 0 Å². The first-order valence-electron chi connectivity index (χ1n) is 4.55. The molecule has 0 spiro atoms. The van der Waals surface area contributed by atoms with Gasteiger partial charge >= 0.3 is 0 Å². The van der Waals surface area contributed by atoms with Crippen molar-refractivity contribution in [3.63, 3.8) is 0 Å². The second kappa shape index (κ2) is 3.06. The van der Waals surface area contributed by atoms with Gasteiger partial charge in [0, 0.05) is 24.9 Å². The minimum atomic E-state index is -0.706. The predicted molar refractivity (Wildman–Crippen MR) is 53.0 cm³/mol. The lowest BCUT2D eigenvalue weighted by Crippen LogP contribution is -2.22. The van der Waals surface area contributed by atoms with Crippen LogP contribution < -0.4 is 0 Å². The van der Waals surface area contributed by atoms with E-state index in [1.165, 1.54) is 0 Å². The molecular weight excluding hydrogens is 178 g/mol. The van der Waals surface area contributed by atoms with Crippen LogP contribution in [0.5, 0.6) is 0 Å². The van der Waals surface area contributed by atoms with Crippen LogP contribution in [-0.2, 0) is 6.42 Å². The average Bonchev–Trinajstić information content (AvgIpc) is 2.47. The Morgan fingerprint density at radius 3 is 3.00 bits per heavy atom. The maximum Gasteiger partial charge on any atom is 0.154 e. The van der Waals surface area contributed by atoms with Gasteiger partial charge in [0.1, 0.15) is 0 Å². The van der Waals surface area contributed by atoms with Crippen LogP contribution in [0.4, 0.5) is 0 Å². The number of fused-ring (bicyclic) bond motifs is 1. The van der Waals surface area contributed by atoms with Crippen molar-refractivity contribution in [1.82, 2.24) is 14.6 Å². The first-order chi connectivity index (χ1) is 6.54. The molecular formula is C10H13N3O. The fraction of sp³-hybridized carbons (Fsp3) is 0.400. The molecule has 0 aromatic carbocycles. The van der Waals surface area contributed by atoms with Crippen molar-refractivity contribution in [2.75, 3.05) is 0 Å². The molecule has 4 nitrogen and oxygen atoms in total. The second-order valence-electron chi connectivity index (χ2n) is 4.09. The minimum absolute atomic E-state index is 0.579. The Bertz CT molecular complexity index is 442. The Morgan fingerprint density at radius 2 is 2.29 bits per heavy atom. The van der Waals surface area contributed by atoms with Gasteiger partial charge in [0.2, 0.25) is 0 Å². The van der Waals surface area contributed by atoms with Gasteiger partial charge in [0.15, 0.2) is 5.65 Å². The third kappa shape index (κ3) is 1.90. The van der Waals surface area contributed by atoms with Crippen molar-refractivity contribution >= 4 is 5.65 Å². The van der Waals surface area contributed by atoms with Crippen LogP contribution in [0, 0.1) is 0 Å². The lowest BCUT2D eigenvalue weighted by Gasteiger charge is -2.16. The number of hydrogen-bond acceptors (Lipinski definition) is 3. The van der Waals surface area contributed by atoms with Crippen LogP contribution in [0.15, 0.2) is 24.7 Å². The summed E-state index contributed by atoms with van der Waals surface area (Å²) < 4.78 is 1.71. The number of rotatable bonds is 2. The summed E-state index contributed by atoms with van der Waals surface area (Å²) in [6.45, 7) is 3.56. The summed E-state index contributed by atoms with van der Waals surface area (Å²) in [4.78, 5) is 4.21. The van der Waals surface area contributed by atoms with E-state index in [2.05, 4.69) is 10.1 Å². The Hall–Kier alpha value is -1.42. The van der Waals surface area contributed by atoms with Crippen LogP contribution in [0.2, 0.25) is 0 Å². The molecule has 0 aliphatic carbocycles. The number of aliphatic hydroxyl groups is 1. The van der Waals surface area contributed by atoms with Crippen molar-refractivity contribution in [1.29, 1.82) is 0 Å². The molecule has 2 rings (SSSR count). The Balaban J connectivity index is 2.35. The van der Waals surface area contributed by atoms with Crippen LogP contribution in [-0.4, -0.2) is 25.3 Å². The topological polar surface area (TPSA) is 50.4 Å². The van der Waals surface area contributed by atoms with E-state index < -0.39 is 5.60 Å². The largest absolute Gasteiger partial charge is 0.390 e. The molecule has 2 aromatic heterocycles. The van der Waals surface area contributed by atoms with Gasteiger partial charge in [-0.1, -0.05) is 0 Å². The molecule has 0 saturated heterocycles. The highest BCUT2D eigenvalue weighted by molar-refractivity contribution is 5.36. The molecule has 0 unspecified atom stereocenters. The van der Waals surface area contributed by atoms with Gasteiger partial charge in [-0.25, -0.2) is 9.50 Å². The summed E-state index contributed by atoms with van der Waals surface area (Å²) in [5.41, 5.74) is 1.10. The predicted octanol–water partition coefficient (Wildman–Crippen LogP) is 1.04. The molecule has 0 atom stereocenters.